The molecule has 3 fully saturated rings. The molecule has 4 aliphatic heterocycles. The summed E-state index contributed by atoms with van der Waals surface area (Å²) in [6.07, 6.45) is -4.17. The third-order valence-corrected chi connectivity index (χ3v) is 13.7. The molecule has 0 radical (unpaired) electrons. The minimum atomic E-state index is -1.21. The number of nitrogens with zero attached hydrogens (tertiary/aromatic N) is 1. The molecule has 0 spiro atoms. The molecule has 4 rings (SSSR count). The average molecular weight is 875 g/mol. The quantitative estimate of drug-likeness (QED) is 0.145. The molecule has 4 aliphatic rings. The Morgan fingerprint density at radius 1 is 0.950 bits per heavy atom. The van der Waals surface area contributed by atoms with Crippen molar-refractivity contribution in [2.45, 2.75) is 165 Å². The number of nitrogens with one attached hydrogen (secondary N) is 1. The van der Waals surface area contributed by atoms with Crippen molar-refractivity contribution in [3.05, 3.63) is 12.2 Å². The monoisotopic (exact) mass is 874 g/mol. The third kappa shape index (κ3) is 13.2. The predicted octanol–water partition coefficient (Wildman–Crippen LogP) is 2.17. The molecule has 17 nitrogen and oxygen atoms in total. The van der Waals surface area contributed by atoms with Crippen LogP contribution in [0.1, 0.15) is 74.1 Å². The molecule has 0 bridgehead atoms. The number of esters is 1. The van der Waals surface area contributed by atoms with E-state index in [0.717, 1.165) is 0 Å². The van der Waals surface area contributed by atoms with Gasteiger partial charge in [-0.05, 0) is 53.1 Å². The summed E-state index contributed by atoms with van der Waals surface area (Å²) in [4.78, 5) is 53.9. The number of ether oxygens (including phenoxy) is 8. The summed E-state index contributed by atoms with van der Waals surface area (Å²) in [5.41, 5.74) is 0. The van der Waals surface area contributed by atoms with Gasteiger partial charge in [-0.1, -0.05) is 33.8 Å². The molecule has 3 saturated heterocycles. The van der Waals surface area contributed by atoms with Crippen molar-refractivity contribution < 1.29 is 72.4 Å². The Kier molecular flexibility index (Phi) is 19.3. The molecular formula is C42H70N2O15S. The third-order valence-electron chi connectivity index (χ3n) is 12.3. The van der Waals surface area contributed by atoms with Gasteiger partial charge in [0.05, 0.1) is 37.1 Å². The van der Waals surface area contributed by atoms with Crippen molar-refractivity contribution in [2.75, 3.05) is 40.7 Å². The number of aliphatic hydroxyl groups is 2. The van der Waals surface area contributed by atoms with Crippen LogP contribution in [0.4, 0.5) is 0 Å². The van der Waals surface area contributed by atoms with Crippen molar-refractivity contribution in [1.29, 1.82) is 0 Å². The Morgan fingerprint density at radius 3 is 2.23 bits per heavy atom. The lowest BCUT2D eigenvalue weighted by molar-refractivity contribution is -0.305. The number of hydrogen-bond acceptors (Lipinski definition) is 16. The molecule has 60 heavy (non-hydrogen) atoms. The fraction of sp³-hybridized carbons (Fsp3) is 0.857. The standard InChI is InChI=1S/C42H70N2O15S/c1-12-30-26(18-54-42-39(53-11)38(52-10)33(48)24(6)56-42)36-37(58-36)31(60-19-27(40(50)51)43-25(7)45)17-29(46)21(3)15-22(4)35(20(2)13-14-32(47)57-30)59-41-34(49)28(44(8)9)16-23(5)55-41/h13-14,20-24,26-28,30-31,33-39,41-42,48-49H,12,15-19H2,1-11H3,(H,43,45)(H,50,51)/b14-13+/t20-,21+,22+,23-,24+,26+,27+,28-,30+,31+,33-,34+,35+,36+,37+,38+,39-,41+,42-/m0/s1. The van der Waals surface area contributed by atoms with Crippen molar-refractivity contribution >= 4 is 35.4 Å². The number of aliphatic carboxylic acids is 1. The van der Waals surface area contributed by atoms with Gasteiger partial charge in [0.25, 0.3) is 0 Å². The highest BCUT2D eigenvalue weighted by molar-refractivity contribution is 8.00. The maximum Gasteiger partial charge on any atom is 0.330 e. The SMILES string of the molecule is CC[C@H]1OC(=O)/C=C/[C@H](C)[C@@H](O[C@H]2O[C@@H](C)C[C@H](N(C)C)[C@H]2O)[C@H](C)C[C@@H](C)C(=O)C[C@@H](SC[C@@H](NC(C)=O)C(=O)O)[C@H]2O[C@@H]2[C@@H]1CO[C@H]1O[C@H](C)[C@H](O)[C@@H](OC)[C@@H]1OC. The molecule has 18 heteroatoms. The second kappa shape index (κ2) is 22.9. The van der Waals surface area contributed by atoms with Gasteiger partial charge in [-0.25, -0.2) is 9.59 Å². The smallest absolute Gasteiger partial charge is 0.330 e. The highest BCUT2D eigenvalue weighted by Crippen LogP contribution is 2.43. The normalized spacial score (nSPS) is 41.8. The zero-order valence-corrected chi connectivity index (χ0v) is 37.8. The van der Waals surface area contributed by atoms with E-state index in [2.05, 4.69) is 5.32 Å². The summed E-state index contributed by atoms with van der Waals surface area (Å²) >= 11 is 1.23. The van der Waals surface area contributed by atoms with E-state index in [9.17, 15) is 34.5 Å². The van der Waals surface area contributed by atoms with E-state index in [0.29, 0.717) is 19.3 Å². The number of carboxylic acid groups (broad SMARTS) is 1. The number of fused-ring (bicyclic) bond motifs is 1. The second-order valence-electron chi connectivity index (χ2n) is 17.2. The maximum absolute atomic E-state index is 14.2. The van der Waals surface area contributed by atoms with Crippen LogP contribution < -0.4 is 5.32 Å². The molecule has 0 aliphatic carbocycles. The number of amides is 1. The van der Waals surface area contributed by atoms with Gasteiger partial charge in [-0.3, -0.25) is 9.59 Å². The number of hydrogen-bond donors (Lipinski definition) is 4. The number of carboxylic acids is 1. The first kappa shape index (κ1) is 50.4. The average Bonchev–Trinajstić information content (AvgIpc) is 3.98. The Labute approximate surface area is 358 Å². The first-order chi connectivity index (χ1) is 28.3. The minimum absolute atomic E-state index is 0.0318. The van der Waals surface area contributed by atoms with E-state index in [1.807, 2.05) is 53.6 Å². The Hall–Kier alpha value is -2.23. The summed E-state index contributed by atoms with van der Waals surface area (Å²) in [5, 5.41) is 33.9. The number of carbonyl (C=O) groups excluding carboxylic acids is 3. The lowest BCUT2D eigenvalue weighted by atomic mass is 9.83. The molecule has 0 aromatic heterocycles. The van der Waals surface area contributed by atoms with Crippen molar-refractivity contribution in [2.24, 2.45) is 23.7 Å². The van der Waals surface area contributed by atoms with Gasteiger partial charge in [0.1, 0.15) is 42.3 Å². The van der Waals surface area contributed by atoms with Crippen LogP contribution in [0.25, 0.3) is 0 Å². The van der Waals surface area contributed by atoms with Gasteiger partial charge in [0, 0.05) is 68.4 Å². The van der Waals surface area contributed by atoms with E-state index in [-0.39, 0.29) is 48.5 Å². The highest BCUT2D eigenvalue weighted by atomic mass is 32.2. The molecule has 344 valence electrons. The van der Waals surface area contributed by atoms with Crippen LogP contribution in [0.2, 0.25) is 0 Å². The van der Waals surface area contributed by atoms with Crippen LogP contribution in [-0.2, 0) is 57.1 Å². The highest BCUT2D eigenvalue weighted by Gasteiger charge is 2.54. The first-order valence-electron chi connectivity index (χ1n) is 21.2. The van der Waals surface area contributed by atoms with Gasteiger partial charge in [0.2, 0.25) is 5.91 Å². The number of methoxy groups -OCH3 is 2. The van der Waals surface area contributed by atoms with Crippen LogP contribution >= 0.6 is 11.8 Å². The number of aliphatic hydroxyl groups excluding tert-OH is 2. The van der Waals surface area contributed by atoms with Crippen LogP contribution in [0.5, 0.6) is 0 Å². The van der Waals surface area contributed by atoms with Gasteiger partial charge >= 0.3 is 11.9 Å². The van der Waals surface area contributed by atoms with E-state index in [1.165, 1.54) is 39.0 Å². The van der Waals surface area contributed by atoms with Crippen molar-refractivity contribution in [3.63, 3.8) is 0 Å². The summed E-state index contributed by atoms with van der Waals surface area (Å²) in [7, 11) is 6.72. The lowest BCUT2D eigenvalue weighted by Crippen LogP contribution is -2.59. The molecule has 0 aromatic carbocycles. The van der Waals surface area contributed by atoms with Crippen LogP contribution in [-0.4, -0.2) is 175 Å². The zero-order valence-electron chi connectivity index (χ0n) is 37.0. The second-order valence-corrected chi connectivity index (χ2v) is 18.5. The molecule has 1 amide bonds. The van der Waals surface area contributed by atoms with Gasteiger partial charge in [-0.15, -0.1) is 0 Å². The summed E-state index contributed by atoms with van der Waals surface area (Å²) in [6, 6.07) is -1.42. The Morgan fingerprint density at radius 2 is 1.63 bits per heavy atom. The molecule has 0 aromatic rings. The molecular weight excluding hydrogens is 805 g/mol. The predicted molar refractivity (Wildman–Crippen MR) is 220 cm³/mol. The summed E-state index contributed by atoms with van der Waals surface area (Å²) in [5.74, 6) is -4.07. The van der Waals surface area contributed by atoms with Crippen LogP contribution in [0, 0.1) is 23.7 Å². The Balaban J connectivity index is 1.68. The number of rotatable bonds is 14. The zero-order chi connectivity index (χ0) is 44.6. The van der Waals surface area contributed by atoms with Gasteiger partial charge in [0.15, 0.2) is 12.6 Å². The number of Topliss-reactive ketones (excluding diaryl/α,β-unsaturated/α-hetero) is 1. The lowest BCUT2D eigenvalue weighted by Gasteiger charge is -2.43. The van der Waals surface area contributed by atoms with Gasteiger partial charge < -0.3 is 63.4 Å². The van der Waals surface area contributed by atoms with E-state index in [4.69, 9.17) is 37.9 Å². The molecule has 0 unspecified atom stereocenters. The number of likely N-dealkylation sites (N-methyl/N-ethyl adjacent to an activating group) is 1. The topological polar surface area (TPSA) is 221 Å². The fourth-order valence-electron chi connectivity index (χ4n) is 8.76. The van der Waals surface area contributed by atoms with E-state index >= 15 is 0 Å². The van der Waals surface area contributed by atoms with Crippen molar-refractivity contribution in [3.8, 4) is 0 Å². The largest absolute Gasteiger partial charge is 0.480 e. The molecule has 19 atom stereocenters. The number of carbonyl (C=O) groups is 4. The van der Waals surface area contributed by atoms with E-state index in [1.54, 1.807) is 13.0 Å². The number of ketones is 1. The van der Waals surface area contributed by atoms with Crippen LogP contribution in [0.15, 0.2) is 12.2 Å². The summed E-state index contributed by atoms with van der Waals surface area (Å²) < 4.78 is 48.8. The van der Waals surface area contributed by atoms with Gasteiger partial charge in [-0.2, -0.15) is 11.8 Å². The number of thioether (sulfide) groups is 1. The number of epoxide rings is 1. The molecule has 0 saturated carbocycles. The number of cyclic esters (lactones) is 1. The minimum Gasteiger partial charge on any atom is -0.480 e. The molecule has 4 heterocycles. The first-order valence-corrected chi connectivity index (χ1v) is 22.2. The Bertz CT molecular complexity index is 1460. The van der Waals surface area contributed by atoms with E-state index < -0.39 is 108 Å². The van der Waals surface area contributed by atoms with Crippen LogP contribution in [0.3, 0.4) is 0 Å². The fourth-order valence-corrected chi connectivity index (χ4v) is 10.1. The molecule has 4 N–H and O–H groups in total. The van der Waals surface area contributed by atoms with Crippen molar-refractivity contribution in [1.82, 2.24) is 10.2 Å². The summed E-state index contributed by atoms with van der Waals surface area (Å²) in [6.45, 7) is 12.4. The maximum atomic E-state index is 14.2.